The molecule has 0 amide bonds. The van der Waals surface area contributed by atoms with E-state index >= 15 is 0 Å². The van der Waals surface area contributed by atoms with Gasteiger partial charge in [0, 0.05) is 23.2 Å². The molecule has 1 N–H and O–H groups in total. The number of benzene rings is 2. The van der Waals surface area contributed by atoms with Crippen molar-refractivity contribution in [3.8, 4) is 11.6 Å². The zero-order valence-corrected chi connectivity index (χ0v) is 13.9. The molecule has 4 rings (SSSR count). The number of pyridine rings is 1. The Balaban J connectivity index is 2.07. The minimum Gasteiger partial charge on any atom is -0.492 e. The van der Waals surface area contributed by atoms with Gasteiger partial charge in [0.25, 0.3) is 0 Å². The molecule has 0 aliphatic carbocycles. The summed E-state index contributed by atoms with van der Waals surface area (Å²) in [6, 6.07) is 18.8. The lowest BCUT2D eigenvalue weighted by Crippen LogP contribution is -2.07. The Morgan fingerprint density at radius 1 is 0.800 bits per heavy atom. The van der Waals surface area contributed by atoms with Crippen LogP contribution in [0.25, 0.3) is 16.5 Å². The first kappa shape index (κ1) is 15.4. The molecule has 25 heavy (non-hydrogen) atoms. The van der Waals surface area contributed by atoms with Crippen LogP contribution in [0.1, 0.15) is 0 Å². The lowest BCUT2D eigenvalue weighted by molar-refractivity contribution is 0.446. The molecule has 0 radical (unpaired) electrons. The molecule has 6 heteroatoms. The second-order valence-corrected chi connectivity index (χ2v) is 7.41. The quantitative estimate of drug-likeness (QED) is 0.613. The van der Waals surface area contributed by atoms with E-state index in [0.717, 1.165) is 0 Å². The Hall–Kier alpha value is -3.12. The summed E-state index contributed by atoms with van der Waals surface area (Å²) >= 11 is 0. The van der Waals surface area contributed by atoms with E-state index in [0.29, 0.717) is 16.5 Å². The number of sulfone groups is 1. The Labute approximate surface area is 144 Å². The van der Waals surface area contributed by atoms with Crippen LogP contribution in [-0.2, 0) is 9.84 Å². The van der Waals surface area contributed by atoms with E-state index in [-0.39, 0.29) is 15.8 Å². The molecule has 0 unspecified atom stereocenters. The fourth-order valence-corrected chi connectivity index (χ4v) is 4.27. The molecule has 5 nitrogen and oxygen atoms in total. The molecule has 0 fully saturated rings. The fraction of sp³-hybridized carbons (Fsp3) is 0. The molecule has 0 saturated carbocycles. The summed E-state index contributed by atoms with van der Waals surface area (Å²) in [6.45, 7) is 0. The molecular formula is C19H14N2O3S. The van der Waals surface area contributed by atoms with E-state index in [2.05, 4.69) is 4.98 Å². The van der Waals surface area contributed by atoms with Crippen molar-refractivity contribution in [1.29, 1.82) is 0 Å². The van der Waals surface area contributed by atoms with Crippen molar-refractivity contribution in [2.24, 2.45) is 0 Å². The highest BCUT2D eigenvalue weighted by Gasteiger charge is 2.25. The van der Waals surface area contributed by atoms with Crippen LogP contribution < -0.4 is 0 Å². The van der Waals surface area contributed by atoms with E-state index in [9.17, 15) is 13.5 Å². The average molecular weight is 350 g/mol. The maximum Gasteiger partial charge on any atom is 0.237 e. The van der Waals surface area contributed by atoms with Gasteiger partial charge in [0.05, 0.1) is 4.90 Å². The van der Waals surface area contributed by atoms with Crippen LogP contribution in [0, 0.1) is 0 Å². The maximum atomic E-state index is 13.0. The van der Waals surface area contributed by atoms with E-state index in [4.69, 9.17) is 0 Å². The van der Waals surface area contributed by atoms with Crippen molar-refractivity contribution >= 4 is 20.6 Å². The predicted molar refractivity (Wildman–Crippen MR) is 94.6 cm³/mol. The van der Waals surface area contributed by atoms with Crippen LogP contribution in [0.2, 0.25) is 0 Å². The van der Waals surface area contributed by atoms with Gasteiger partial charge in [-0.1, -0.05) is 42.5 Å². The number of nitrogens with zero attached hydrogens (tertiary/aromatic N) is 2. The van der Waals surface area contributed by atoms with Crippen LogP contribution in [0.4, 0.5) is 0 Å². The van der Waals surface area contributed by atoms with Crippen molar-refractivity contribution in [2.45, 2.75) is 9.92 Å². The number of hydrogen-bond acceptors (Lipinski definition) is 4. The van der Waals surface area contributed by atoms with Crippen molar-refractivity contribution in [3.63, 3.8) is 0 Å². The van der Waals surface area contributed by atoms with Gasteiger partial charge in [-0.3, -0.25) is 0 Å². The Bertz CT molecular complexity index is 1150. The van der Waals surface area contributed by atoms with Gasteiger partial charge in [-0.05, 0) is 24.3 Å². The minimum atomic E-state index is -3.85. The highest BCUT2D eigenvalue weighted by Crippen LogP contribution is 2.35. The number of rotatable bonds is 3. The molecule has 0 saturated heterocycles. The normalized spacial score (nSPS) is 11.7. The average Bonchev–Trinajstić information content (AvgIpc) is 3.16. The largest absolute Gasteiger partial charge is 0.492 e. The molecule has 4 aromatic rings. The summed E-state index contributed by atoms with van der Waals surface area (Å²) in [6.07, 6.45) is 3.54. The highest BCUT2D eigenvalue weighted by molar-refractivity contribution is 7.91. The van der Waals surface area contributed by atoms with Crippen LogP contribution >= 0.6 is 0 Å². The molecule has 2 heterocycles. The Morgan fingerprint density at radius 2 is 1.40 bits per heavy atom. The first-order valence-corrected chi connectivity index (χ1v) is 9.12. The number of fused-ring (bicyclic) bond motifs is 1. The summed E-state index contributed by atoms with van der Waals surface area (Å²) in [4.78, 5) is 4.19. The molecule has 124 valence electrons. The summed E-state index contributed by atoms with van der Waals surface area (Å²) in [5.74, 6) is -0.329. The number of aromatic hydroxyl groups is 1. The zero-order chi connectivity index (χ0) is 17.4. The second kappa shape index (κ2) is 5.75. The smallest absolute Gasteiger partial charge is 0.237 e. The first-order chi connectivity index (χ1) is 12.1. The van der Waals surface area contributed by atoms with Crippen LogP contribution in [0.15, 0.2) is 89.0 Å². The monoisotopic (exact) mass is 350 g/mol. The van der Waals surface area contributed by atoms with Crippen molar-refractivity contribution in [1.82, 2.24) is 9.55 Å². The van der Waals surface area contributed by atoms with E-state index in [1.807, 2.05) is 12.1 Å². The number of aromatic nitrogens is 2. The summed E-state index contributed by atoms with van der Waals surface area (Å²) < 4.78 is 27.7. The second-order valence-electron chi connectivity index (χ2n) is 5.54. The van der Waals surface area contributed by atoms with Gasteiger partial charge < -0.3 is 9.67 Å². The third-order valence-corrected chi connectivity index (χ3v) is 5.72. The molecule has 2 aromatic heterocycles. The van der Waals surface area contributed by atoms with Gasteiger partial charge in [-0.15, -0.1) is 0 Å². The van der Waals surface area contributed by atoms with Crippen molar-refractivity contribution in [3.05, 3.63) is 79.1 Å². The van der Waals surface area contributed by atoms with Gasteiger partial charge in [0.2, 0.25) is 15.7 Å². The molecule has 0 atom stereocenters. The van der Waals surface area contributed by atoms with E-state index in [1.54, 1.807) is 59.4 Å². The fourth-order valence-electron chi connectivity index (χ4n) is 2.86. The SMILES string of the molecule is O=S(=O)(c1ccccc1)c1nc(O)c(-n2cccc2)c2ccccc12. The summed E-state index contributed by atoms with van der Waals surface area (Å²) in [5, 5.41) is 11.4. The van der Waals surface area contributed by atoms with Gasteiger partial charge >= 0.3 is 0 Å². The first-order valence-electron chi connectivity index (χ1n) is 7.64. The zero-order valence-electron chi connectivity index (χ0n) is 13.1. The van der Waals surface area contributed by atoms with Crippen molar-refractivity contribution < 1.29 is 13.5 Å². The van der Waals surface area contributed by atoms with E-state index in [1.165, 1.54) is 12.1 Å². The molecule has 2 aromatic carbocycles. The lowest BCUT2D eigenvalue weighted by atomic mass is 10.1. The van der Waals surface area contributed by atoms with Gasteiger partial charge in [-0.2, -0.15) is 4.98 Å². The topological polar surface area (TPSA) is 72.2 Å². The molecule has 0 spiro atoms. The lowest BCUT2D eigenvalue weighted by Gasteiger charge is -2.13. The summed E-state index contributed by atoms with van der Waals surface area (Å²) in [7, 11) is -3.85. The minimum absolute atomic E-state index is 0.140. The maximum absolute atomic E-state index is 13.0. The highest BCUT2D eigenvalue weighted by atomic mass is 32.2. The molecular weight excluding hydrogens is 336 g/mol. The van der Waals surface area contributed by atoms with Crippen LogP contribution in [0.3, 0.4) is 0 Å². The van der Waals surface area contributed by atoms with Gasteiger partial charge in [0.15, 0.2) is 5.03 Å². The molecule has 0 aliphatic heterocycles. The molecule has 0 bridgehead atoms. The Morgan fingerprint density at radius 3 is 2.08 bits per heavy atom. The standard InChI is InChI=1S/C19H14N2O3S/c22-18-17(21-12-6-7-13-21)15-10-4-5-11-16(15)19(20-18)25(23,24)14-8-2-1-3-9-14/h1-13H,(H,20,22). The molecule has 0 aliphatic rings. The number of hydrogen-bond donors (Lipinski definition) is 1. The predicted octanol–water partition coefficient (Wildman–Crippen LogP) is 3.56. The van der Waals surface area contributed by atoms with Crippen LogP contribution in [0.5, 0.6) is 5.88 Å². The summed E-state index contributed by atoms with van der Waals surface area (Å²) in [5.41, 5.74) is 0.451. The van der Waals surface area contributed by atoms with Gasteiger partial charge in [0.1, 0.15) is 5.69 Å². The van der Waals surface area contributed by atoms with Gasteiger partial charge in [-0.25, -0.2) is 8.42 Å². The third kappa shape index (κ3) is 2.47. The van der Waals surface area contributed by atoms with Crippen LogP contribution in [-0.4, -0.2) is 23.1 Å². The van der Waals surface area contributed by atoms with Crippen molar-refractivity contribution in [2.75, 3.05) is 0 Å². The van der Waals surface area contributed by atoms with E-state index < -0.39 is 9.84 Å². The Kier molecular flexibility index (Phi) is 3.54. The third-order valence-electron chi connectivity index (χ3n) is 4.00.